The topological polar surface area (TPSA) is 52.0 Å². The number of hydrogen-bond donors (Lipinski definition) is 0. The Morgan fingerprint density at radius 3 is 2.64 bits per heavy atom. The average molecular weight is 458 g/mol. The minimum absolute atomic E-state index is 0.0321. The molecule has 6 nitrogen and oxygen atoms in total. The zero-order chi connectivity index (χ0) is 22.6. The van der Waals surface area contributed by atoms with Crippen molar-refractivity contribution in [2.24, 2.45) is 10.5 Å². The van der Waals surface area contributed by atoms with Crippen LogP contribution in [0.15, 0.2) is 78.0 Å². The van der Waals surface area contributed by atoms with Crippen molar-refractivity contribution < 1.29 is 4.79 Å². The summed E-state index contributed by atoms with van der Waals surface area (Å²) in [5.74, 6) is 0.966. The molecular formula is C26H24ClN5O. The van der Waals surface area contributed by atoms with Gasteiger partial charge in [0.15, 0.2) is 0 Å². The van der Waals surface area contributed by atoms with E-state index in [9.17, 15) is 4.79 Å². The first-order valence-electron chi connectivity index (χ1n) is 11.2. The first kappa shape index (κ1) is 20.2. The smallest absolute Gasteiger partial charge is 0.261 e. The highest BCUT2D eigenvalue weighted by Gasteiger charge is 2.60. The number of pyridine rings is 1. The Labute approximate surface area is 198 Å². The van der Waals surface area contributed by atoms with Gasteiger partial charge in [-0.15, -0.1) is 0 Å². The van der Waals surface area contributed by atoms with Gasteiger partial charge in [-0.1, -0.05) is 41.9 Å². The third kappa shape index (κ3) is 3.04. The summed E-state index contributed by atoms with van der Waals surface area (Å²) >= 11 is 6.40. The van der Waals surface area contributed by atoms with Crippen LogP contribution in [0, 0.1) is 5.41 Å². The lowest BCUT2D eigenvalue weighted by Crippen LogP contribution is -2.67. The molecule has 0 bridgehead atoms. The van der Waals surface area contributed by atoms with Gasteiger partial charge in [-0.25, -0.2) is 4.98 Å². The quantitative estimate of drug-likeness (QED) is 0.572. The molecule has 0 saturated carbocycles. The van der Waals surface area contributed by atoms with Crippen LogP contribution in [0.5, 0.6) is 0 Å². The zero-order valence-electron chi connectivity index (χ0n) is 18.4. The molecule has 1 aromatic heterocycles. The number of halogens is 1. The van der Waals surface area contributed by atoms with E-state index in [2.05, 4.69) is 20.9 Å². The summed E-state index contributed by atoms with van der Waals surface area (Å²) in [4.78, 5) is 23.4. The first-order valence-corrected chi connectivity index (χ1v) is 11.6. The number of hydrogen-bond acceptors (Lipinski definition) is 5. The number of rotatable bonds is 2. The second-order valence-corrected chi connectivity index (χ2v) is 9.34. The van der Waals surface area contributed by atoms with Crippen LogP contribution >= 0.6 is 11.6 Å². The molecular weight excluding hydrogens is 434 g/mol. The normalized spacial score (nSPS) is 24.1. The number of anilines is 3. The number of carbonyl (C=O) groups excluding carboxylic acids is 1. The van der Waals surface area contributed by atoms with Gasteiger partial charge in [0.25, 0.3) is 5.91 Å². The highest BCUT2D eigenvalue weighted by molar-refractivity contribution is 6.31. The fourth-order valence-corrected chi connectivity index (χ4v) is 5.74. The standard InChI is InChI=1S/C26H24ClN5O/c1-18-26(25(33)32(29-18)21-7-3-2-4-8-21)16-19-10-11-20(27)15-22(19)31-14-13-30(17-23(26)31)24-9-5-6-12-28-24/h2-12,15,23H,13-14,16-17H2,1H3/t23-,26-/m1/s1. The second kappa shape index (κ2) is 7.59. The van der Waals surface area contributed by atoms with E-state index < -0.39 is 5.41 Å². The molecule has 3 aliphatic heterocycles. The van der Waals surface area contributed by atoms with Gasteiger partial charge in [0.2, 0.25) is 0 Å². The minimum atomic E-state index is -0.746. The van der Waals surface area contributed by atoms with Crippen LogP contribution in [0.4, 0.5) is 17.2 Å². The van der Waals surface area contributed by atoms with Crippen molar-refractivity contribution in [2.45, 2.75) is 19.4 Å². The molecule has 166 valence electrons. The summed E-state index contributed by atoms with van der Waals surface area (Å²) in [6, 6.07) is 21.6. The van der Waals surface area contributed by atoms with Crippen LogP contribution in [0.3, 0.4) is 0 Å². The largest absolute Gasteiger partial charge is 0.363 e. The lowest BCUT2D eigenvalue weighted by molar-refractivity contribution is -0.125. The summed E-state index contributed by atoms with van der Waals surface area (Å²) in [7, 11) is 0. The molecule has 2 atom stereocenters. The second-order valence-electron chi connectivity index (χ2n) is 8.90. The van der Waals surface area contributed by atoms with E-state index in [1.165, 1.54) is 0 Å². The summed E-state index contributed by atoms with van der Waals surface area (Å²) in [5.41, 5.74) is 3.17. The molecule has 1 amide bonds. The number of amides is 1. The summed E-state index contributed by atoms with van der Waals surface area (Å²) in [6.45, 7) is 4.29. The fourth-order valence-electron chi connectivity index (χ4n) is 5.57. The molecule has 0 radical (unpaired) electrons. The van der Waals surface area contributed by atoms with Crippen molar-refractivity contribution in [2.75, 3.05) is 34.4 Å². The summed E-state index contributed by atoms with van der Waals surface area (Å²) < 4.78 is 0. The monoisotopic (exact) mass is 457 g/mol. The van der Waals surface area contributed by atoms with Gasteiger partial charge in [-0.2, -0.15) is 10.1 Å². The van der Waals surface area contributed by atoms with E-state index in [-0.39, 0.29) is 11.9 Å². The molecule has 3 aromatic rings. The van der Waals surface area contributed by atoms with Gasteiger partial charge < -0.3 is 9.80 Å². The number of hydrazone groups is 1. The van der Waals surface area contributed by atoms with E-state index in [0.717, 1.165) is 41.6 Å². The lowest BCUT2D eigenvalue weighted by Gasteiger charge is -2.53. The molecule has 33 heavy (non-hydrogen) atoms. The third-order valence-electron chi connectivity index (χ3n) is 7.22. The first-order chi connectivity index (χ1) is 16.1. The van der Waals surface area contributed by atoms with Crippen LogP contribution in [0.2, 0.25) is 5.02 Å². The van der Waals surface area contributed by atoms with E-state index in [0.29, 0.717) is 18.0 Å². The Morgan fingerprint density at radius 2 is 1.85 bits per heavy atom. The molecule has 3 aliphatic rings. The van der Waals surface area contributed by atoms with Gasteiger partial charge in [-0.3, -0.25) is 4.79 Å². The number of para-hydroxylation sites is 1. The van der Waals surface area contributed by atoms with Crippen LogP contribution < -0.4 is 14.8 Å². The number of nitrogens with zero attached hydrogens (tertiary/aromatic N) is 5. The number of aromatic nitrogens is 1. The Balaban J connectivity index is 1.47. The molecule has 1 spiro atoms. The number of piperazine rings is 1. The molecule has 4 heterocycles. The van der Waals surface area contributed by atoms with Gasteiger partial charge in [0, 0.05) is 36.5 Å². The Hall–Kier alpha value is -3.38. The van der Waals surface area contributed by atoms with Gasteiger partial charge in [-0.05, 0) is 55.3 Å². The number of carbonyl (C=O) groups is 1. The molecule has 1 saturated heterocycles. The average Bonchev–Trinajstić information content (AvgIpc) is 3.11. The third-order valence-corrected chi connectivity index (χ3v) is 7.45. The van der Waals surface area contributed by atoms with Gasteiger partial charge in [0.05, 0.1) is 17.4 Å². The minimum Gasteiger partial charge on any atom is -0.363 e. The van der Waals surface area contributed by atoms with E-state index >= 15 is 0 Å². The highest BCUT2D eigenvalue weighted by atomic mass is 35.5. The SMILES string of the molecule is CC1=NN(c2ccccc2)C(=O)[C@]12Cc1ccc(Cl)cc1N1CCN(c3ccccn3)C[C@@H]12. The molecule has 0 unspecified atom stereocenters. The van der Waals surface area contributed by atoms with Crippen molar-refractivity contribution >= 4 is 40.4 Å². The zero-order valence-corrected chi connectivity index (χ0v) is 19.1. The van der Waals surface area contributed by atoms with Crippen molar-refractivity contribution in [1.82, 2.24) is 4.98 Å². The molecule has 1 fully saturated rings. The molecule has 7 heteroatoms. The predicted molar refractivity (Wildman–Crippen MR) is 132 cm³/mol. The molecule has 2 aromatic carbocycles. The maximum Gasteiger partial charge on any atom is 0.261 e. The van der Waals surface area contributed by atoms with Gasteiger partial charge >= 0.3 is 0 Å². The van der Waals surface area contributed by atoms with Crippen LogP contribution in [-0.2, 0) is 11.2 Å². The molecule has 0 N–H and O–H groups in total. The predicted octanol–water partition coefficient (Wildman–Crippen LogP) is 4.40. The number of fused-ring (bicyclic) bond motifs is 4. The van der Waals surface area contributed by atoms with Crippen molar-refractivity contribution in [1.29, 1.82) is 0 Å². The van der Waals surface area contributed by atoms with Gasteiger partial charge in [0.1, 0.15) is 11.2 Å². The molecule has 6 rings (SSSR count). The summed E-state index contributed by atoms with van der Waals surface area (Å²) in [6.07, 6.45) is 2.42. The maximum atomic E-state index is 14.2. The molecule has 0 aliphatic carbocycles. The highest BCUT2D eigenvalue weighted by Crippen LogP contribution is 2.48. The van der Waals surface area contributed by atoms with Crippen molar-refractivity contribution in [3.63, 3.8) is 0 Å². The van der Waals surface area contributed by atoms with Crippen LogP contribution in [-0.4, -0.2) is 42.3 Å². The Kier molecular flexibility index (Phi) is 4.66. The van der Waals surface area contributed by atoms with Crippen molar-refractivity contribution in [3.05, 3.63) is 83.5 Å². The number of benzene rings is 2. The van der Waals surface area contributed by atoms with Crippen LogP contribution in [0.1, 0.15) is 12.5 Å². The lowest BCUT2D eigenvalue weighted by atomic mass is 9.67. The Bertz CT molecular complexity index is 1250. The van der Waals surface area contributed by atoms with E-state index in [4.69, 9.17) is 16.7 Å². The maximum absolute atomic E-state index is 14.2. The van der Waals surface area contributed by atoms with E-state index in [1.807, 2.05) is 73.8 Å². The van der Waals surface area contributed by atoms with Crippen LogP contribution in [0.25, 0.3) is 0 Å². The summed E-state index contributed by atoms with van der Waals surface area (Å²) in [5, 5.41) is 7.11. The van der Waals surface area contributed by atoms with Crippen molar-refractivity contribution in [3.8, 4) is 0 Å². The Morgan fingerprint density at radius 1 is 1.03 bits per heavy atom. The fraction of sp³-hybridized carbons (Fsp3) is 0.269. The van der Waals surface area contributed by atoms with E-state index in [1.54, 1.807) is 5.01 Å².